The van der Waals surface area contributed by atoms with Crippen molar-refractivity contribution in [3.8, 4) is 0 Å². The lowest BCUT2D eigenvalue weighted by atomic mass is 10.1. The van der Waals surface area contributed by atoms with Crippen LogP contribution >= 0.6 is 0 Å². The summed E-state index contributed by atoms with van der Waals surface area (Å²) >= 11 is 0. The Morgan fingerprint density at radius 3 is 1.00 bits per heavy atom. The number of aryl methyl sites for hydroxylation is 4. The number of hydrogen-bond donors (Lipinski definition) is 0. The lowest BCUT2D eigenvalue weighted by Crippen LogP contribution is -2.06. The Bertz CT molecular complexity index is 3260. The van der Waals surface area contributed by atoms with E-state index in [1.54, 1.807) is 19.1 Å². The Balaban J connectivity index is 0.000000497. The number of rotatable bonds is 0. The number of benzene rings is 8. The fraction of sp³-hybridized carbons (Fsp3) is 0.172. The summed E-state index contributed by atoms with van der Waals surface area (Å²) in [6.45, 7) is 9.73. The van der Waals surface area contributed by atoms with Gasteiger partial charge in [-0.05, 0) is 115 Å². The second-order valence-electron chi connectivity index (χ2n) is 17.2. The van der Waals surface area contributed by atoms with Gasteiger partial charge in [0.05, 0.1) is 11.1 Å². The van der Waals surface area contributed by atoms with Crippen molar-refractivity contribution in [3.05, 3.63) is 280 Å². The molecule has 8 aromatic carbocycles. The van der Waals surface area contributed by atoms with Gasteiger partial charge in [-0.1, -0.05) is 42.0 Å². The van der Waals surface area contributed by atoms with Crippen LogP contribution in [0.4, 0.5) is 127 Å². The van der Waals surface area contributed by atoms with Crippen molar-refractivity contribution in [3.63, 3.8) is 0 Å². The molecule has 0 aliphatic heterocycles. The monoisotopic (exact) mass is 1290 g/mol. The molecule has 0 saturated heterocycles. The summed E-state index contributed by atoms with van der Waals surface area (Å²) in [7, 11) is 0. The molecule has 0 unspecified atom stereocenters. The summed E-state index contributed by atoms with van der Waals surface area (Å²) in [5.41, 5.74) is -2.42. The molecular formula is C58H39F29. The molecule has 0 aliphatic rings. The number of hydrogen-bond acceptors (Lipinski definition) is 0. The summed E-state index contributed by atoms with van der Waals surface area (Å²) in [4.78, 5) is 0. The molecule has 0 bridgehead atoms. The van der Waals surface area contributed by atoms with E-state index in [1.165, 1.54) is 39.0 Å². The number of alkyl halides is 6. The van der Waals surface area contributed by atoms with E-state index in [4.69, 9.17) is 0 Å². The average Bonchev–Trinajstić information content (AvgIpc) is 3.57. The predicted molar refractivity (Wildman–Crippen MR) is 258 cm³/mol. The molecule has 0 spiro atoms. The van der Waals surface area contributed by atoms with Gasteiger partial charge in [0.15, 0.2) is 116 Å². The maximum Gasteiger partial charge on any atom is 0.416 e. The van der Waals surface area contributed by atoms with Crippen LogP contribution in [0.2, 0.25) is 0 Å². The first kappa shape index (κ1) is 76.7. The maximum atomic E-state index is 12.4. The fourth-order valence-corrected chi connectivity index (χ4v) is 5.78. The normalized spacial score (nSPS) is 10.6. The first-order valence-electron chi connectivity index (χ1n) is 23.2. The van der Waals surface area contributed by atoms with Crippen LogP contribution in [-0.2, 0) is 12.4 Å². The molecule has 474 valence electrons. The van der Waals surface area contributed by atoms with E-state index in [9.17, 15) is 127 Å². The van der Waals surface area contributed by atoms with E-state index < -0.39 is 174 Å². The second kappa shape index (κ2) is 33.0. The second-order valence-corrected chi connectivity index (χ2v) is 17.2. The van der Waals surface area contributed by atoms with Crippen LogP contribution in [0.25, 0.3) is 0 Å². The van der Waals surface area contributed by atoms with Crippen molar-refractivity contribution in [2.24, 2.45) is 0 Å². The molecule has 0 heterocycles. The van der Waals surface area contributed by atoms with Gasteiger partial charge in [-0.25, -0.2) is 101 Å². The third kappa shape index (κ3) is 22.2. The van der Waals surface area contributed by atoms with Crippen LogP contribution < -0.4 is 0 Å². The highest BCUT2D eigenvalue weighted by Crippen LogP contribution is 2.32. The zero-order valence-electron chi connectivity index (χ0n) is 45.1. The zero-order chi connectivity index (χ0) is 67.7. The van der Waals surface area contributed by atoms with E-state index in [0.29, 0.717) is 23.3 Å². The van der Waals surface area contributed by atoms with Gasteiger partial charge < -0.3 is 0 Å². The van der Waals surface area contributed by atoms with Crippen molar-refractivity contribution in [2.75, 3.05) is 0 Å². The minimum Gasteiger partial charge on any atom is -0.207 e. The van der Waals surface area contributed by atoms with Gasteiger partial charge >= 0.3 is 12.4 Å². The zero-order valence-corrected chi connectivity index (χ0v) is 45.1. The Labute approximate surface area is 474 Å². The van der Waals surface area contributed by atoms with Crippen LogP contribution in [0.15, 0.2) is 91.0 Å². The molecule has 8 aromatic rings. The molecule has 0 aliphatic carbocycles. The number of halogens is 29. The highest BCUT2D eigenvalue weighted by atomic mass is 19.4. The van der Waals surface area contributed by atoms with Crippen molar-refractivity contribution in [1.82, 2.24) is 0 Å². The van der Waals surface area contributed by atoms with Crippen LogP contribution in [0.3, 0.4) is 0 Å². The molecule has 0 saturated carbocycles. The Hall–Kier alpha value is -8.27. The molecule has 0 atom stereocenters. The molecule has 0 amide bonds. The van der Waals surface area contributed by atoms with Crippen molar-refractivity contribution in [2.45, 2.75) is 67.7 Å². The van der Waals surface area contributed by atoms with E-state index in [-0.39, 0.29) is 22.8 Å². The molecule has 0 fully saturated rings. The first-order valence-corrected chi connectivity index (χ1v) is 23.2. The quantitative estimate of drug-likeness (QED) is 0.0806. The van der Waals surface area contributed by atoms with E-state index in [2.05, 4.69) is 0 Å². The van der Waals surface area contributed by atoms with E-state index in [1.807, 2.05) is 0 Å². The van der Waals surface area contributed by atoms with Crippen LogP contribution in [0.5, 0.6) is 0 Å². The Morgan fingerprint density at radius 1 is 0.218 bits per heavy atom. The predicted octanol–water partition coefficient (Wildman–Crippen LogP) is 21.2. The van der Waals surface area contributed by atoms with Crippen molar-refractivity contribution >= 4 is 0 Å². The SMILES string of the molecule is Cc1c(F)c(F)c(F)c(F)c1F.Cc1c(F)c(F)cc(F)c1F.Cc1c(F)cc(F)c(F)c1F.Cc1c(F)ccc(F)c1F.Cc1cc(F)c(F)c(F)c1.Cc1cc(F)c(F)c(F)c1F.Cc1cccc(C(F)(F)F)c1.Cc1ccccc1C(F)(F)F. The van der Waals surface area contributed by atoms with Gasteiger partial charge in [0.25, 0.3) is 0 Å². The highest BCUT2D eigenvalue weighted by Gasteiger charge is 2.32. The van der Waals surface area contributed by atoms with Crippen molar-refractivity contribution < 1.29 is 127 Å². The molecule has 29 heteroatoms. The van der Waals surface area contributed by atoms with Gasteiger partial charge in [0.1, 0.15) is 11.6 Å². The van der Waals surface area contributed by atoms with Crippen LogP contribution in [0.1, 0.15) is 55.6 Å². The highest BCUT2D eigenvalue weighted by molar-refractivity contribution is 5.29. The third-order valence-electron chi connectivity index (χ3n) is 10.6. The summed E-state index contributed by atoms with van der Waals surface area (Å²) in [5, 5.41) is 0. The molecule has 0 nitrogen and oxygen atoms in total. The molecule has 87 heavy (non-hydrogen) atoms. The van der Waals surface area contributed by atoms with Gasteiger partial charge in [0, 0.05) is 34.4 Å². The van der Waals surface area contributed by atoms with E-state index in [0.717, 1.165) is 70.2 Å². The topological polar surface area (TPSA) is 0 Å². The average molecular weight is 1290 g/mol. The summed E-state index contributed by atoms with van der Waals surface area (Å²) < 4.78 is 355. The lowest BCUT2D eigenvalue weighted by Gasteiger charge is -2.08. The van der Waals surface area contributed by atoms with Crippen LogP contribution in [0, 0.1) is 189 Å². The van der Waals surface area contributed by atoms with Crippen molar-refractivity contribution in [1.29, 1.82) is 0 Å². The summed E-state index contributed by atoms with van der Waals surface area (Å²) in [6.07, 6.45) is -8.43. The van der Waals surface area contributed by atoms with Crippen LogP contribution in [-0.4, -0.2) is 0 Å². The standard InChI is InChI=1S/2C8H7F3.C7H3F5.3C7H4F4.2C7H5F3/c1-6-3-2-4-7(5-6)8(9,10)11;1-6-4-2-3-5-7(6)8(9,10)11;1-2-3(8)5(10)7(12)6(11)4(2)9;1-3-6(10)4(8)2-5(9)7(3)11;1-3-4(8)2-5(9)7(11)6(3)10;1-3-2-4(8)6(10)7(11)5(3)9;1-4-2-5(8)7(10)6(9)3-4;1-4-5(8)2-3-6(9)7(4)10/h2*2-5H,1H3;1H3;3*2H,1H3;2*2-3H,1H3. The molecular weight excluding hydrogens is 1250 g/mol. The summed E-state index contributed by atoms with van der Waals surface area (Å²) in [5.74, 6) is -33.4. The lowest BCUT2D eigenvalue weighted by molar-refractivity contribution is -0.138. The smallest absolute Gasteiger partial charge is 0.207 e. The molecule has 8 rings (SSSR count). The van der Waals surface area contributed by atoms with Gasteiger partial charge in [-0.15, -0.1) is 0 Å². The Morgan fingerprint density at radius 2 is 0.575 bits per heavy atom. The Kier molecular flexibility index (Phi) is 29.1. The largest absolute Gasteiger partial charge is 0.416 e. The van der Waals surface area contributed by atoms with Gasteiger partial charge in [0.2, 0.25) is 5.82 Å². The minimum absolute atomic E-state index is 0.178. The molecule has 0 aromatic heterocycles. The minimum atomic E-state index is -4.22. The van der Waals surface area contributed by atoms with Gasteiger partial charge in [-0.3, -0.25) is 0 Å². The maximum absolute atomic E-state index is 12.4. The van der Waals surface area contributed by atoms with Gasteiger partial charge in [-0.2, -0.15) is 26.3 Å². The van der Waals surface area contributed by atoms with E-state index >= 15 is 0 Å². The first-order chi connectivity index (χ1) is 39.8. The molecule has 0 radical (unpaired) electrons. The third-order valence-corrected chi connectivity index (χ3v) is 10.6. The fourth-order valence-electron chi connectivity index (χ4n) is 5.78. The molecule has 0 N–H and O–H groups in total. The summed E-state index contributed by atoms with van der Waals surface area (Å²) in [6, 6.07) is 15.4.